The molecule has 26 heavy (non-hydrogen) atoms. The third-order valence-electron chi connectivity index (χ3n) is 3.19. The van der Waals surface area contributed by atoms with Gasteiger partial charge in [-0.05, 0) is 23.8 Å². The molecule has 2 N–H and O–H groups in total. The maximum atomic E-state index is 12.7. The third kappa shape index (κ3) is 4.63. The van der Waals surface area contributed by atoms with Crippen molar-refractivity contribution in [3.63, 3.8) is 0 Å². The van der Waals surface area contributed by atoms with E-state index in [0.717, 1.165) is 18.3 Å². The molecule has 0 unspecified atom stereocenters. The molecule has 0 fully saturated rings. The lowest BCUT2D eigenvalue weighted by atomic mass is 9.98. The van der Waals surface area contributed by atoms with Crippen LogP contribution >= 0.6 is 0 Å². The quantitative estimate of drug-likeness (QED) is 0.474. The Balaban J connectivity index is 2.18. The first-order chi connectivity index (χ1) is 12.0. The highest BCUT2D eigenvalue weighted by Gasteiger charge is 2.57. The van der Waals surface area contributed by atoms with Crippen LogP contribution in [0.3, 0.4) is 0 Å². The summed E-state index contributed by atoms with van der Waals surface area (Å²) in [6.45, 7) is 0. The van der Waals surface area contributed by atoms with E-state index >= 15 is 0 Å². The number of amides is 1. The second-order valence-corrected chi connectivity index (χ2v) is 5.01. The van der Waals surface area contributed by atoms with Crippen molar-refractivity contribution in [3.8, 4) is 11.6 Å². The van der Waals surface area contributed by atoms with Gasteiger partial charge in [0.25, 0.3) is 5.91 Å². The van der Waals surface area contributed by atoms with Gasteiger partial charge in [-0.1, -0.05) is 12.1 Å². The van der Waals surface area contributed by atoms with E-state index in [0.29, 0.717) is 12.1 Å². The first kappa shape index (κ1) is 19.5. The molecule has 11 heteroatoms. The molecule has 1 heterocycles. The number of ether oxygens (including phenoxy) is 1. The molecule has 0 aliphatic rings. The predicted octanol–water partition coefficient (Wildman–Crippen LogP) is 4.20. The molecule has 2 rings (SSSR count). The van der Waals surface area contributed by atoms with Gasteiger partial charge in [0.1, 0.15) is 5.75 Å². The Morgan fingerprint density at radius 1 is 1.00 bits per heavy atom. The van der Waals surface area contributed by atoms with E-state index in [4.69, 9.17) is 9.94 Å². The summed E-state index contributed by atoms with van der Waals surface area (Å²) in [5.41, 5.74) is 0.424. The number of alkyl halides is 6. The number of carbonyl (C=O) groups excluding carboxylic acids is 1. The number of hydrogen-bond acceptors (Lipinski definition) is 4. The molecule has 1 aromatic carbocycles. The maximum Gasteiger partial charge on any atom is 0.404 e. The molecule has 2 aromatic rings. The summed E-state index contributed by atoms with van der Waals surface area (Å²) >= 11 is 0. The van der Waals surface area contributed by atoms with Crippen LogP contribution in [-0.4, -0.2) is 28.5 Å². The fourth-order valence-electron chi connectivity index (χ4n) is 2.05. The van der Waals surface area contributed by atoms with Crippen molar-refractivity contribution in [2.24, 2.45) is 0 Å². The van der Waals surface area contributed by atoms with Gasteiger partial charge in [0, 0.05) is 12.3 Å². The van der Waals surface area contributed by atoms with Crippen molar-refractivity contribution < 1.29 is 41.1 Å². The minimum absolute atomic E-state index is 0.00777. The van der Waals surface area contributed by atoms with Crippen LogP contribution in [0.5, 0.6) is 11.6 Å². The number of rotatable bonds is 4. The molecule has 0 aliphatic heterocycles. The van der Waals surface area contributed by atoms with Crippen LogP contribution in [0, 0.1) is 0 Å². The van der Waals surface area contributed by atoms with E-state index in [1.807, 2.05) is 0 Å². The van der Waals surface area contributed by atoms with E-state index < -0.39 is 29.7 Å². The number of pyridine rings is 1. The molecule has 1 aromatic heterocycles. The summed E-state index contributed by atoms with van der Waals surface area (Å²) < 4.78 is 81.2. The number of carbonyl (C=O) groups is 1. The van der Waals surface area contributed by atoms with Gasteiger partial charge < -0.3 is 4.74 Å². The van der Waals surface area contributed by atoms with Gasteiger partial charge in [0.2, 0.25) is 5.88 Å². The molecule has 0 bridgehead atoms. The van der Waals surface area contributed by atoms with Gasteiger partial charge in [-0.25, -0.2) is 10.5 Å². The molecule has 0 aliphatic carbocycles. The van der Waals surface area contributed by atoms with Crippen molar-refractivity contribution in [2.45, 2.75) is 18.3 Å². The molecule has 0 spiro atoms. The Labute approximate surface area is 142 Å². The highest BCUT2D eigenvalue weighted by molar-refractivity contribution is 5.92. The molecular weight excluding hydrogens is 370 g/mol. The normalized spacial score (nSPS) is 12.2. The van der Waals surface area contributed by atoms with Crippen molar-refractivity contribution in [1.82, 2.24) is 10.5 Å². The highest BCUT2D eigenvalue weighted by Crippen LogP contribution is 2.46. The Morgan fingerprint density at radius 3 is 2.00 bits per heavy atom. The van der Waals surface area contributed by atoms with E-state index in [1.165, 1.54) is 17.6 Å². The van der Waals surface area contributed by atoms with Gasteiger partial charge >= 0.3 is 12.4 Å². The van der Waals surface area contributed by atoms with Crippen LogP contribution in [0.1, 0.15) is 21.8 Å². The van der Waals surface area contributed by atoms with Crippen molar-refractivity contribution in [1.29, 1.82) is 0 Å². The number of hydrogen-bond donors (Lipinski definition) is 2. The van der Waals surface area contributed by atoms with Crippen LogP contribution in [0.25, 0.3) is 0 Å². The van der Waals surface area contributed by atoms with Crippen molar-refractivity contribution in [2.75, 3.05) is 0 Å². The Hall–Kier alpha value is -2.82. The molecule has 0 saturated heterocycles. The van der Waals surface area contributed by atoms with Crippen LogP contribution in [0.4, 0.5) is 26.3 Å². The van der Waals surface area contributed by atoms with E-state index in [9.17, 15) is 31.1 Å². The highest BCUT2D eigenvalue weighted by atomic mass is 19.4. The lowest BCUT2D eigenvalue weighted by Crippen LogP contribution is -2.34. The second kappa shape index (κ2) is 7.20. The van der Waals surface area contributed by atoms with Gasteiger partial charge in [-0.15, -0.1) is 0 Å². The third-order valence-corrected chi connectivity index (χ3v) is 3.19. The minimum Gasteiger partial charge on any atom is -0.439 e. The first-order valence-electron chi connectivity index (χ1n) is 6.84. The monoisotopic (exact) mass is 380 g/mol. The average molecular weight is 380 g/mol. The number of aromatic nitrogens is 1. The summed E-state index contributed by atoms with van der Waals surface area (Å²) in [5.74, 6) is -4.53. The standard InChI is InChI=1S/C15H10F6N2O3/c16-14(17,18)12(15(19,20)21)8-1-4-10(5-2-8)26-11-6-3-9(7-22-11)13(24)23-25/h1-7,12,25H,(H,23,24). The fraction of sp³-hybridized carbons (Fsp3) is 0.200. The fourth-order valence-corrected chi connectivity index (χ4v) is 2.05. The van der Waals surface area contributed by atoms with Crippen molar-refractivity contribution in [3.05, 3.63) is 53.7 Å². The van der Waals surface area contributed by atoms with Crippen LogP contribution < -0.4 is 10.2 Å². The molecule has 140 valence electrons. The van der Waals surface area contributed by atoms with Gasteiger partial charge in [0.15, 0.2) is 5.92 Å². The van der Waals surface area contributed by atoms with E-state index in [-0.39, 0.29) is 17.2 Å². The van der Waals surface area contributed by atoms with Gasteiger partial charge in [-0.3, -0.25) is 10.0 Å². The topological polar surface area (TPSA) is 71.5 Å². The smallest absolute Gasteiger partial charge is 0.404 e. The van der Waals surface area contributed by atoms with E-state index in [2.05, 4.69) is 4.98 Å². The Bertz CT molecular complexity index is 743. The number of nitrogens with zero attached hydrogens (tertiary/aromatic N) is 1. The molecule has 0 radical (unpaired) electrons. The lowest BCUT2D eigenvalue weighted by Gasteiger charge is -2.23. The maximum absolute atomic E-state index is 12.7. The number of hydroxylamine groups is 1. The van der Waals surface area contributed by atoms with Crippen molar-refractivity contribution >= 4 is 5.91 Å². The SMILES string of the molecule is O=C(NO)c1ccc(Oc2ccc(C(C(F)(F)F)C(F)(F)F)cc2)nc1. The van der Waals surface area contributed by atoms with Crippen LogP contribution in [0.2, 0.25) is 0 Å². The molecule has 5 nitrogen and oxygen atoms in total. The summed E-state index contributed by atoms with van der Waals surface area (Å²) in [5, 5.41) is 8.46. The zero-order chi connectivity index (χ0) is 19.5. The second-order valence-electron chi connectivity index (χ2n) is 5.01. The number of benzene rings is 1. The first-order valence-corrected chi connectivity index (χ1v) is 6.84. The lowest BCUT2D eigenvalue weighted by molar-refractivity contribution is -0.253. The summed E-state index contributed by atoms with van der Waals surface area (Å²) in [4.78, 5) is 14.8. The average Bonchev–Trinajstić information content (AvgIpc) is 2.54. The number of halogens is 6. The summed E-state index contributed by atoms with van der Waals surface area (Å²) in [6.07, 6.45) is -9.91. The van der Waals surface area contributed by atoms with Crippen LogP contribution in [0.15, 0.2) is 42.6 Å². The Kier molecular flexibility index (Phi) is 5.40. The largest absolute Gasteiger partial charge is 0.439 e. The Morgan fingerprint density at radius 2 is 1.58 bits per heavy atom. The number of nitrogens with one attached hydrogen (secondary N) is 1. The molecule has 1 amide bonds. The molecule has 0 saturated carbocycles. The van der Waals surface area contributed by atoms with Crippen LogP contribution in [-0.2, 0) is 0 Å². The van der Waals surface area contributed by atoms with Gasteiger partial charge in [-0.2, -0.15) is 26.3 Å². The zero-order valence-corrected chi connectivity index (χ0v) is 12.6. The minimum atomic E-state index is -5.48. The van der Waals surface area contributed by atoms with Gasteiger partial charge in [0.05, 0.1) is 5.56 Å². The predicted molar refractivity (Wildman–Crippen MR) is 74.9 cm³/mol. The zero-order valence-electron chi connectivity index (χ0n) is 12.6. The summed E-state index contributed by atoms with van der Waals surface area (Å²) in [6, 6.07) is 5.67. The molecular formula is C15H10F6N2O3. The summed E-state index contributed by atoms with van der Waals surface area (Å²) in [7, 11) is 0. The van der Waals surface area contributed by atoms with E-state index in [1.54, 1.807) is 0 Å². The molecule has 0 atom stereocenters.